The van der Waals surface area contributed by atoms with Crippen LogP contribution in [0, 0.1) is 13.8 Å². The summed E-state index contributed by atoms with van der Waals surface area (Å²) < 4.78 is 38.4. The molecule has 0 radical (unpaired) electrons. The minimum Gasteiger partial charge on any atom is -0.379 e. The van der Waals surface area contributed by atoms with Crippen molar-refractivity contribution in [3.8, 4) is 0 Å². The zero-order chi connectivity index (χ0) is 17.5. The van der Waals surface area contributed by atoms with Gasteiger partial charge >= 0.3 is 6.18 Å². The lowest BCUT2D eigenvalue weighted by Gasteiger charge is -2.15. The molecule has 0 bridgehead atoms. The first-order valence-corrected chi connectivity index (χ1v) is 7.49. The van der Waals surface area contributed by atoms with Crippen LogP contribution in [0.5, 0.6) is 0 Å². The molecule has 24 heavy (non-hydrogen) atoms. The van der Waals surface area contributed by atoms with E-state index in [1.807, 2.05) is 20.8 Å². The van der Waals surface area contributed by atoms with E-state index in [-0.39, 0.29) is 22.5 Å². The summed E-state index contributed by atoms with van der Waals surface area (Å²) in [4.78, 5) is 7.42. The fourth-order valence-electron chi connectivity index (χ4n) is 3.06. The van der Waals surface area contributed by atoms with Crippen molar-refractivity contribution in [1.82, 2.24) is 4.98 Å². The summed E-state index contributed by atoms with van der Waals surface area (Å²) in [5.74, 6) is 0. The Morgan fingerprint density at radius 2 is 1.79 bits per heavy atom. The van der Waals surface area contributed by atoms with Gasteiger partial charge in [-0.05, 0) is 56.9 Å². The maximum atomic E-state index is 12.8. The predicted molar refractivity (Wildman–Crippen MR) is 95.7 cm³/mol. The van der Waals surface area contributed by atoms with Crippen LogP contribution in [0.25, 0.3) is 6.08 Å². The predicted octanol–water partition coefficient (Wildman–Crippen LogP) is 5.35. The van der Waals surface area contributed by atoms with Crippen molar-refractivity contribution in [2.45, 2.75) is 53.3 Å². The lowest BCUT2D eigenvalue weighted by Crippen LogP contribution is -2.21. The Morgan fingerprint density at radius 1 is 1.21 bits per heavy atom. The maximum Gasteiger partial charge on any atom is 0.418 e. The molecule has 0 fully saturated rings. The summed E-state index contributed by atoms with van der Waals surface area (Å²) in [5, 5.41) is 9.56. The second-order valence-corrected chi connectivity index (χ2v) is 5.83. The van der Waals surface area contributed by atoms with Crippen LogP contribution >= 0.6 is 17.0 Å². The number of H-pyrrole nitrogens is 1. The minimum absolute atomic E-state index is 0. The molecular formula is C17H22BrF3N2O. The Labute approximate surface area is 150 Å². The summed E-state index contributed by atoms with van der Waals surface area (Å²) in [6, 6.07) is 0. The number of aromatic nitrogens is 1. The molecule has 0 spiro atoms. The van der Waals surface area contributed by atoms with E-state index in [9.17, 15) is 18.3 Å². The molecule has 0 saturated heterocycles. The molecule has 0 aliphatic carbocycles. The zero-order valence-corrected chi connectivity index (χ0v) is 16.0. The molecule has 1 aliphatic heterocycles. The number of alkyl halides is 3. The highest BCUT2D eigenvalue weighted by Crippen LogP contribution is 2.38. The fourth-order valence-corrected chi connectivity index (χ4v) is 3.06. The third-order valence-electron chi connectivity index (χ3n) is 4.31. The Hall–Kier alpha value is -1.34. The zero-order valence-electron chi connectivity index (χ0n) is 14.3. The summed E-state index contributed by atoms with van der Waals surface area (Å²) in [6.07, 6.45) is -4.56. The van der Waals surface area contributed by atoms with Crippen LogP contribution in [0.2, 0.25) is 0 Å². The third kappa shape index (κ3) is 3.67. The van der Waals surface area contributed by atoms with Crippen molar-refractivity contribution in [3.05, 3.63) is 39.4 Å². The van der Waals surface area contributed by atoms with Crippen molar-refractivity contribution in [2.24, 2.45) is 4.99 Å². The Balaban J connectivity index is 0.00000288. The minimum atomic E-state index is -4.69. The molecule has 1 aromatic heterocycles. The van der Waals surface area contributed by atoms with Crippen LogP contribution in [-0.2, 0) is 0 Å². The Morgan fingerprint density at radius 3 is 2.25 bits per heavy atom. The van der Waals surface area contributed by atoms with Gasteiger partial charge in [0.05, 0.1) is 5.70 Å². The first-order chi connectivity index (χ1) is 10.6. The van der Waals surface area contributed by atoms with E-state index in [1.165, 1.54) is 6.92 Å². The van der Waals surface area contributed by atoms with Gasteiger partial charge in [0.2, 0.25) is 0 Å². The normalized spacial score (nSPS) is 18.0. The van der Waals surface area contributed by atoms with E-state index < -0.39 is 12.3 Å². The van der Waals surface area contributed by atoms with E-state index in [1.54, 1.807) is 13.0 Å². The van der Waals surface area contributed by atoms with Gasteiger partial charge in [0, 0.05) is 22.7 Å². The van der Waals surface area contributed by atoms with E-state index in [2.05, 4.69) is 9.98 Å². The van der Waals surface area contributed by atoms with Crippen LogP contribution < -0.4 is 0 Å². The molecule has 0 aromatic carbocycles. The third-order valence-corrected chi connectivity index (χ3v) is 4.31. The second kappa shape index (κ2) is 7.27. The van der Waals surface area contributed by atoms with Gasteiger partial charge in [-0.1, -0.05) is 6.92 Å². The van der Waals surface area contributed by atoms with Gasteiger partial charge in [0.25, 0.3) is 0 Å². The second-order valence-electron chi connectivity index (χ2n) is 5.83. The van der Waals surface area contributed by atoms with Crippen LogP contribution in [0.1, 0.15) is 55.8 Å². The monoisotopic (exact) mass is 406 g/mol. The van der Waals surface area contributed by atoms with Crippen molar-refractivity contribution >= 4 is 28.8 Å². The molecule has 134 valence electrons. The molecule has 1 aliphatic rings. The summed E-state index contributed by atoms with van der Waals surface area (Å²) in [5.41, 5.74) is 5.02. The number of aliphatic hydroxyl groups excluding tert-OH is 1. The molecule has 1 aromatic rings. The molecule has 1 atom stereocenters. The number of nitrogens with one attached hydrogen (secondary N) is 1. The van der Waals surface area contributed by atoms with Gasteiger partial charge in [-0.25, -0.2) is 0 Å². The number of halogens is 4. The highest BCUT2D eigenvalue weighted by atomic mass is 79.9. The molecule has 2 heterocycles. The van der Waals surface area contributed by atoms with Gasteiger partial charge < -0.3 is 10.1 Å². The largest absolute Gasteiger partial charge is 0.418 e. The van der Waals surface area contributed by atoms with Crippen LogP contribution in [0.3, 0.4) is 0 Å². The molecule has 7 heteroatoms. The number of nitrogens with zero attached hydrogens (tertiary/aromatic N) is 1. The van der Waals surface area contributed by atoms with E-state index in [4.69, 9.17) is 0 Å². The average Bonchev–Trinajstić information content (AvgIpc) is 2.86. The summed E-state index contributed by atoms with van der Waals surface area (Å²) in [7, 11) is 0. The van der Waals surface area contributed by atoms with Gasteiger partial charge in [0.1, 0.15) is 0 Å². The van der Waals surface area contributed by atoms with Crippen LogP contribution in [-0.4, -0.2) is 22.0 Å². The maximum absolute atomic E-state index is 12.8. The molecule has 2 rings (SSSR count). The Kier molecular flexibility index (Phi) is 6.27. The molecular weight excluding hydrogens is 385 g/mol. The van der Waals surface area contributed by atoms with Crippen molar-refractivity contribution in [2.75, 3.05) is 0 Å². The van der Waals surface area contributed by atoms with Crippen LogP contribution in [0.15, 0.2) is 21.8 Å². The summed E-state index contributed by atoms with van der Waals surface area (Å²) >= 11 is 0. The highest BCUT2D eigenvalue weighted by molar-refractivity contribution is 8.93. The number of hydrogen-bond donors (Lipinski definition) is 2. The number of hydrogen-bond acceptors (Lipinski definition) is 2. The van der Waals surface area contributed by atoms with Gasteiger partial charge in [0.15, 0.2) is 6.10 Å². The van der Waals surface area contributed by atoms with Crippen molar-refractivity contribution in [1.29, 1.82) is 0 Å². The fraction of sp³-hybridized carbons (Fsp3) is 0.471. The molecule has 0 amide bonds. The van der Waals surface area contributed by atoms with Crippen molar-refractivity contribution in [3.63, 3.8) is 0 Å². The SMILES string of the molecule is Br.CCC1=C(C)/C(=C/c2[nH]c(C)c(C(O)C(F)(F)F)c2C)N=C1C. The lowest BCUT2D eigenvalue weighted by molar-refractivity contribution is -0.207. The molecule has 0 saturated carbocycles. The first-order valence-electron chi connectivity index (χ1n) is 7.49. The smallest absolute Gasteiger partial charge is 0.379 e. The van der Waals surface area contributed by atoms with Crippen LogP contribution in [0.4, 0.5) is 13.2 Å². The number of aryl methyl sites for hydroxylation is 1. The highest BCUT2D eigenvalue weighted by Gasteiger charge is 2.41. The first kappa shape index (κ1) is 20.7. The van der Waals surface area contributed by atoms with Gasteiger partial charge in [-0.3, -0.25) is 4.99 Å². The standard InChI is InChI=1S/C17H21F3N2O.BrH/c1-6-12-8(2)13(21-10(12)4)7-14-9(3)15(11(5)22-14)16(23)17(18,19)20;/h7,16,22-23H,6H2,1-5H3;1H/b13-7-;. The lowest BCUT2D eigenvalue weighted by atomic mass is 10.0. The van der Waals surface area contributed by atoms with E-state index >= 15 is 0 Å². The van der Waals surface area contributed by atoms with E-state index in [0.717, 1.165) is 29.0 Å². The van der Waals surface area contributed by atoms with Crippen molar-refractivity contribution < 1.29 is 18.3 Å². The molecule has 1 unspecified atom stereocenters. The summed E-state index contributed by atoms with van der Waals surface area (Å²) in [6.45, 7) is 9.03. The number of allylic oxidation sites excluding steroid dienone is 2. The quantitative estimate of drug-likeness (QED) is 0.698. The molecule has 2 N–H and O–H groups in total. The number of aliphatic hydroxyl groups is 1. The van der Waals surface area contributed by atoms with E-state index in [0.29, 0.717) is 17.0 Å². The average molecular weight is 407 g/mol. The number of aliphatic imine (C=N–C) groups is 1. The van der Waals surface area contributed by atoms with Gasteiger partial charge in [-0.15, -0.1) is 17.0 Å². The van der Waals surface area contributed by atoms with Gasteiger partial charge in [-0.2, -0.15) is 13.2 Å². The number of rotatable bonds is 3. The number of aromatic amines is 1. The topological polar surface area (TPSA) is 48.4 Å². The molecule has 3 nitrogen and oxygen atoms in total. The Bertz CT molecular complexity index is 727.